The number of para-hydroxylation sites is 2. The van der Waals surface area contributed by atoms with Crippen LogP contribution in [0.1, 0.15) is 18.2 Å². The summed E-state index contributed by atoms with van der Waals surface area (Å²) in [7, 11) is 0. The van der Waals surface area contributed by atoms with E-state index in [0.717, 1.165) is 73.1 Å². The molecule has 5 heterocycles. The second-order valence-corrected chi connectivity index (χ2v) is 12.5. The number of benzene rings is 4. The van der Waals surface area contributed by atoms with Gasteiger partial charge >= 0.3 is 0 Å². The maximum atomic E-state index is 4.95. The first-order valence-corrected chi connectivity index (χ1v) is 17.1. The molecule has 0 saturated heterocycles. The molecule has 0 atom stereocenters. The lowest BCUT2D eigenvalue weighted by Crippen LogP contribution is -1.98. The smallest absolute Gasteiger partial charge is 0.0900 e. The molecule has 0 radical (unpaired) electrons. The predicted octanol–water partition coefficient (Wildman–Crippen LogP) is 11.6. The standard InChI is InChI=1S/C46H33N5/c1-3-13-43-35(4-2)36-14-5-7-18-44(36)51(43)34-24-25-46-38(30-34)37-15-6-8-19-45(37)50(46)33-22-20-31(21-23-33)32-28-41(39-16-9-11-26-47-39)49-42(29-32)40-17-10-12-27-48-40/h3-30H,2H2,1H3/b13-3-. The summed E-state index contributed by atoms with van der Waals surface area (Å²) in [5.41, 5.74) is 13.4. The zero-order valence-electron chi connectivity index (χ0n) is 28.1. The van der Waals surface area contributed by atoms with Crippen LogP contribution in [0.25, 0.3) is 90.1 Å². The van der Waals surface area contributed by atoms with Crippen molar-refractivity contribution in [3.05, 3.63) is 176 Å². The Kier molecular flexibility index (Phi) is 7.44. The van der Waals surface area contributed by atoms with E-state index in [2.05, 4.69) is 148 Å². The van der Waals surface area contributed by atoms with Crippen molar-refractivity contribution in [3.63, 3.8) is 0 Å². The van der Waals surface area contributed by atoms with Crippen molar-refractivity contribution in [2.45, 2.75) is 6.92 Å². The van der Waals surface area contributed by atoms with Gasteiger partial charge in [0.25, 0.3) is 0 Å². The molecule has 5 heteroatoms. The first-order chi connectivity index (χ1) is 25.2. The van der Waals surface area contributed by atoms with Crippen LogP contribution in [0.2, 0.25) is 0 Å². The van der Waals surface area contributed by atoms with Crippen molar-refractivity contribution in [1.82, 2.24) is 24.1 Å². The normalized spacial score (nSPS) is 11.6. The molecule has 0 fully saturated rings. The Labute approximate surface area is 296 Å². The Morgan fingerprint density at radius 2 is 1.10 bits per heavy atom. The Balaban J connectivity index is 1.18. The number of pyridine rings is 3. The van der Waals surface area contributed by atoms with Crippen LogP contribution in [0.4, 0.5) is 0 Å². The minimum Gasteiger partial charge on any atom is -0.309 e. The Morgan fingerprint density at radius 3 is 1.73 bits per heavy atom. The van der Waals surface area contributed by atoms with Crippen LogP contribution in [-0.2, 0) is 0 Å². The summed E-state index contributed by atoms with van der Waals surface area (Å²) in [5, 5.41) is 3.60. The molecule has 0 spiro atoms. The molecule has 0 aliphatic rings. The third-order valence-electron chi connectivity index (χ3n) is 9.53. The van der Waals surface area contributed by atoms with E-state index < -0.39 is 0 Å². The van der Waals surface area contributed by atoms with Crippen molar-refractivity contribution in [2.24, 2.45) is 0 Å². The van der Waals surface area contributed by atoms with E-state index in [1.54, 1.807) is 12.4 Å². The largest absolute Gasteiger partial charge is 0.309 e. The van der Waals surface area contributed by atoms with Crippen LogP contribution in [-0.4, -0.2) is 24.1 Å². The lowest BCUT2D eigenvalue weighted by atomic mass is 10.0. The summed E-state index contributed by atoms with van der Waals surface area (Å²) in [6.45, 7) is 6.22. The van der Waals surface area contributed by atoms with Gasteiger partial charge in [-0.1, -0.05) is 79.4 Å². The highest BCUT2D eigenvalue weighted by Gasteiger charge is 2.18. The molecule has 242 valence electrons. The SMILES string of the molecule is C=Cc1c(/C=C\C)n(-c2ccc3c(c2)c2ccccc2n3-c2ccc(-c3cc(-c4ccccn4)nc(-c4ccccn4)c3)cc2)c2ccccc12. The average molecular weight is 656 g/mol. The van der Waals surface area contributed by atoms with E-state index in [9.17, 15) is 0 Å². The Morgan fingerprint density at radius 1 is 0.510 bits per heavy atom. The topological polar surface area (TPSA) is 48.5 Å². The van der Waals surface area contributed by atoms with Gasteiger partial charge in [-0.3, -0.25) is 9.97 Å². The van der Waals surface area contributed by atoms with E-state index in [0.29, 0.717) is 0 Å². The second kappa shape index (κ2) is 12.6. The van der Waals surface area contributed by atoms with Gasteiger partial charge in [-0.25, -0.2) is 4.98 Å². The lowest BCUT2D eigenvalue weighted by molar-refractivity contribution is 1.11. The van der Waals surface area contributed by atoms with Crippen molar-refractivity contribution in [2.75, 3.05) is 0 Å². The van der Waals surface area contributed by atoms with Crippen LogP contribution in [0.3, 0.4) is 0 Å². The maximum absolute atomic E-state index is 4.95. The summed E-state index contributed by atoms with van der Waals surface area (Å²) < 4.78 is 4.71. The van der Waals surface area contributed by atoms with Gasteiger partial charge in [0.15, 0.2) is 0 Å². The van der Waals surface area contributed by atoms with Gasteiger partial charge in [0.2, 0.25) is 0 Å². The van der Waals surface area contributed by atoms with Crippen LogP contribution in [0.15, 0.2) is 165 Å². The number of rotatable bonds is 7. The van der Waals surface area contributed by atoms with Gasteiger partial charge in [-0.2, -0.15) is 0 Å². The highest BCUT2D eigenvalue weighted by atomic mass is 15.0. The van der Waals surface area contributed by atoms with E-state index in [-0.39, 0.29) is 0 Å². The fraction of sp³-hybridized carbons (Fsp3) is 0.0217. The van der Waals surface area contributed by atoms with Crippen LogP contribution < -0.4 is 0 Å². The van der Waals surface area contributed by atoms with Crippen LogP contribution >= 0.6 is 0 Å². The van der Waals surface area contributed by atoms with E-state index in [1.165, 1.54) is 16.2 Å². The summed E-state index contributed by atoms with van der Waals surface area (Å²) in [6.07, 6.45) is 9.83. The molecule has 0 N–H and O–H groups in total. The molecule has 0 bridgehead atoms. The van der Waals surface area contributed by atoms with Gasteiger partial charge in [-0.05, 0) is 103 Å². The molecule has 0 aliphatic heterocycles. The molecule has 51 heavy (non-hydrogen) atoms. The van der Waals surface area contributed by atoms with Gasteiger partial charge in [0.1, 0.15) is 0 Å². The maximum Gasteiger partial charge on any atom is 0.0900 e. The third-order valence-corrected chi connectivity index (χ3v) is 9.53. The van der Waals surface area contributed by atoms with Crippen LogP contribution in [0, 0.1) is 0 Å². The number of fused-ring (bicyclic) bond motifs is 4. The van der Waals surface area contributed by atoms with Crippen LogP contribution in [0.5, 0.6) is 0 Å². The molecule has 0 unspecified atom stereocenters. The summed E-state index contributed by atoms with van der Waals surface area (Å²) in [4.78, 5) is 14.1. The van der Waals surface area contributed by atoms with Crippen molar-refractivity contribution in [1.29, 1.82) is 0 Å². The van der Waals surface area contributed by atoms with Gasteiger partial charge in [0.05, 0.1) is 45.0 Å². The Hall–Kier alpha value is -6.85. The molecular weight excluding hydrogens is 623 g/mol. The predicted molar refractivity (Wildman–Crippen MR) is 212 cm³/mol. The first kappa shape index (κ1) is 30.2. The minimum atomic E-state index is 0.810. The summed E-state index contributed by atoms with van der Waals surface area (Å²) in [5.74, 6) is 0. The average Bonchev–Trinajstić information content (AvgIpc) is 3.70. The van der Waals surface area contributed by atoms with Crippen molar-refractivity contribution in [3.8, 4) is 45.3 Å². The molecule has 9 rings (SSSR count). The zero-order chi connectivity index (χ0) is 34.3. The van der Waals surface area contributed by atoms with Crippen molar-refractivity contribution < 1.29 is 0 Å². The number of hydrogen-bond acceptors (Lipinski definition) is 3. The van der Waals surface area contributed by atoms with E-state index in [4.69, 9.17) is 4.98 Å². The number of allylic oxidation sites excluding steroid dienone is 1. The highest BCUT2D eigenvalue weighted by molar-refractivity contribution is 6.10. The molecule has 9 aromatic rings. The summed E-state index contributed by atoms with van der Waals surface area (Å²) in [6, 6.07) is 48.8. The molecule has 0 saturated carbocycles. The monoisotopic (exact) mass is 655 g/mol. The van der Waals surface area contributed by atoms with Gasteiger partial charge in [0, 0.05) is 45.5 Å². The third kappa shape index (κ3) is 5.15. The quantitative estimate of drug-likeness (QED) is 0.172. The van der Waals surface area contributed by atoms with Gasteiger partial charge in [-0.15, -0.1) is 0 Å². The number of aromatic nitrogens is 5. The Bertz CT molecular complexity index is 2690. The minimum absolute atomic E-state index is 0.810. The molecule has 5 aromatic heterocycles. The second-order valence-electron chi connectivity index (χ2n) is 12.5. The van der Waals surface area contributed by atoms with E-state index >= 15 is 0 Å². The molecule has 4 aromatic carbocycles. The van der Waals surface area contributed by atoms with E-state index in [1.807, 2.05) is 42.5 Å². The van der Waals surface area contributed by atoms with Gasteiger partial charge < -0.3 is 9.13 Å². The molecular formula is C46H33N5. The van der Waals surface area contributed by atoms with Crippen molar-refractivity contribution >= 4 is 44.9 Å². The summed E-state index contributed by atoms with van der Waals surface area (Å²) >= 11 is 0. The molecule has 0 aliphatic carbocycles. The first-order valence-electron chi connectivity index (χ1n) is 17.1. The fourth-order valence-corrected chi connectivity index (χ4v) is 7.27. The lowest BCUT2D eigenvalue weighted by Gasteiger charge is -2.12. The molecule has 0 amide bonds. The number of hydrogen-bond donors (Lipinski definition) is 0. The number of nitrogens with zero attached hydrogens (tertiary/aromatic N) is 5. The zero-order valence-corrected chi connectivity index (χ0v) is 28.1. The fourth-order valence-electron chi connectivity index (χ4n) is 7.27. The highest BCUT2D eigenvalue weighted by Crippen LogP contribution is 2.37. The molecule has 5 nitrogen and oxygen atoms in total.